The monoisotopic (exact) mass is 435 g/mol. The third kappa shape index (κ3) is 5.07. The molecule has 2 heterocycles. The maximum Gasteiger partial charge on any atom is 0.257 e. The number of aromatic nitrogens is 3. The van der Waals surface area contributed by atoms with Crippen LogP contribution in [0, 0.1) is 12.7 Å². The molecule has 0 aliphatic heterocycles. The van der Waals surface area contributed by atoms with Gasteiger partial charge in [0, 0.05) is 17.6 Å². The topological polar surface area (TPSA) is 88.4 Å². The Hall–Kier alpha value is -3.72. The number of hydrogen-bond acceptors (Lipinski definition) is 5. The zero-order valence-corrected chi connectivity index (χ0v) is 17.3. The Bertz CT molecular complexity index is 1260. The molecule has 0 saturated heterocycles. The van der Waals surface area contributed by atoms with E-state index in [1.807, 2.05) is 31.2 Å². The van der Waals surface area contributed by atoms with E-state index in [4.69, 9.17) is 0 Å². The molecular formula is C22H18FN5O2S. The summed E-state index contributed by atoms with van der Waals surface area (Å²) in [4.78, 5) is 24.8. The predicted octanol–water partition coefficient (Wildman–Crippen LogP) is 4.16. The second kappa shape index (κ2) is 8.97. The third-order valence-electron chi connectivity index (χ3n) is 4.38. The fraction of sp³-hybridized carbons (Fsp3) is 0.0909. The number of anilines is 2. The molecule has 7 nitrogen and oxygen atoms in total. The number of carbonyl (C=O) groups excluding carboxylic acids is 2. The lowest BCUT2D eigenvalue weighted by atomic mass is 10.2. The lowest BCUT2D eigenvalue weighted by Gasteiger charge is -2.07. The van der Waals surface area contributed by atoms with Crippen LogP contribution >= 0.6 is 11.8 Å². The fourth-order valence-corrected chi connectivity index (χ4v) is 3.55. The SMILES string of the molecule is Cc1ccc(NC(=O)c2ccc3nnc(SCC(=O)Nc4cccc(F)c4)n3c2)cc1. The Kier molecular flexibility index (Phi) is 5.94. The lowest BCUT2D eigenvalue weighted by Crippen LogP contribution is -2.14. The molecule has 156 valence electrons. The molecule has 0 unspecified atom stereocenters. The second-order valence-corrected chi connectivity index (χ2v) is 7.74. The van der Waals surface area contributed by atoms with Crippen molar-refractivity contribution in [2.24, 2.45) is 0 Å². The zero-order valence-electron chi connectivity index (χ0n) is 16.5. The normalized spacial score (nSPS) is 10.8. The van der Waals surface area contributed by atoms with Crippen molar-refractivity contribution >= 4 is 40.6 Å². The first-order valence-electron chi connectivity index (χ1n) is 9.39. The van der Waals surface area contributed by atoms with Crippen LogP contribution in [0.5, 0.6) is 0 Å². The summed E-state index contributed by atoms with van der Waals surface area (Å²) in [6.07, 6.45) is 1.63. The van der Waals surface area contributed by atoms with E-state index in [2.05, 4.69) is 20.8 Å². The summed E-state index contributed by atoms with van der Waals surface area (Å²) in [5.41, 5.74) is 3.17. The number of amides is 2. The highest BCUT2D eigenvalue weighted by Gasteiger charge is 2.13. The Labute approximate surface area is 181 Å². The predicted molar refractivity (Wildman–Crippen MR) is 118 cm³/mol. The molecule has 2 N–H and O–H groups in total. The number of carbonyl (C=O) groups is 2. The Morgan fingerprint density at radius 1 is 1.00 bits per heavy atom. The van der Waals surface area contributed by atoms with Gasteiger partial charge in [-0.1, -0.05) is 35.5 Å². The molecule has 2 aromatic carbocycles. The van der Waals surface area contributed by atoms with E-state index in [-0.39, 0.29) is 17.6 Å². The van der Waals surface area contributed by atoms with Crippen molar-refractivity contribution in [2.45, 2.75) is 12.1 Å². The van der Waals surface area contributed by atoms with Crippen LogP contribution in [-0.2, 0) is 4.79 Å². The average Bonchev–Trinajstić information content (AvgIpc) is 3.16. The van der Waals surface area contributed by atoms with E-state index in [1.54, 1.807) is 28.8 Å². The first-order chi connectivity index (χ1) is 15.0. The quantitative estimate of drug-likeness (QED) is 0.444. The molecule has 0 saturated carbocycles. The van der Waals surface area contributed by atoms with Crippen molar-refractivity contribution in [2.75, 3.05) is 16.4 Å². The average molecular weight is 435 g/mol. The van der Waals surface area contributed by atoms with Crippen molar-refractivity contribution in [3.05, 3.63) is 83.8 Å². The smallest absolute Gasteiger partial charge is 0.257 e. The van der Waals surface area contributed by atoms with Gasteiger partial charge in [-0.05, 0) is 49.4 Å². The first kappa shape index (κ1) is 20.5. The van der Waals surface area contributed by atoms with Gasteiger partial charge in [0.05, 0.1) is 11.3 Å². The fourth-order valence-electron chi connectivity index (χ4n) is 2.84. The minimum absolute atomic E-state index is 0.0527. The van der Waals surface area contributed by atoms with Gasteiger partial charge < -0.3 is 10.6 Å². The molecule has 0 bridgehead atoms. The molecule has 0 fully saturated rings. The van der Waals surface area contributed by atoms with Crippen LogP contribution in [0.15, 0.2) is 72.0 Å². The van der Waals surface area contributed by atoms with Crippen molar-refractivity contribution in [3.8, 4) is 0 Å². The van der Waals surface area contributed by atoms with Crippen LogP contribution < -0.4 is 10.6 Å². The van der Waals surface area contributed by atoms with Crippen molar-refractivity contribution in [3.63, 3.8) is 0 Å². The van der Waals surface area contributed by atoms with Gasteiger partial charge in [0.15, 0.2) is 10.8 Å². The maximum atomic E-state index is 13.2. The number of thioether (sulfide) groups is 1. The molecule has 0 aliphatic carbocycles. The summed E-state index contributed by atoms with van der Waals surface area (Å²) < 4.78 is 14.9. The molecule has 0 radical (unpaired) electrons. The molecule has 0 atom stereocenters. The molecule has 4 aromatic rings. The Balaban J connectivity index is 1.44. The van der Waals surface area contributed by atoms with Gasteiger partial charge in [-0.25, -0.2) is 4.39 Å². The third-order valence-corrected chi connectivity index (χ3v) is 5.33. The van der Waals surface area contributed by atoms with E-state index < -0.39 is 5.82 Å². The molecule has 31 heavy (non-hydrogen) atoms. The molecular weight excluding hydrogens is 417 g/mol. The minimum atomic E-state index is -0.426. The van der Waals surface area contributed by atoms with Crippen LogP contribution in [0.4, 0.5) is 15.8 Å². The molecule has 0 spiro atoms. The number of pyridine rings is 1. The largest absolute Gasteiger partial charge is 0.325 e. The number of rotatable bonds is 6. The van der Waals surface area contributed by atoms with Crippen LogP contribution in [0.1, 0.15) is 15.9 Å². The van der Waals surface area contributed by atoms with Crippen LogP contribution in [-0.4, -0.2) is 32.2 Å². The summed E-state index contributed by atoms with van der Waals surface area (Å²) in [6, 6.07) is 16.5. The van der Waals surface area contributed by atoms with E-state index in [1.165, 1.54) is 30.0 Å². The molecule has 9 heteroatoms. The van der Waals surface area contributed by atoms with E-state index in [9.17, 15) is 14.0 Å². The number of nitrogens with zero attached hydrogens (tertiary/aromatic N) is 3. The standard InChI is InChI=1S/C22H18FN5O2S/c1-14-5-8-17(9-6-14)25-21(30)15-7-10-19-26-27-22(28(19)12-15)31-13-20(29)24-18-4-2-3-16(23)11-18/h2-12H,13H2,1H3,(H,24,29)(H,25,30). The molecule has 0 aliphatic rings. The summed E-state index contributed by atoms with van der Waals surface area (Å²) in [5, 5.41) is 14.1. The van der Waals surface area contributed by atoms with E-state index in [0.717, 1.165) is 5.56 Å². The number of fused-ring (bicyclic) bond motifs is 1. The van der Waals surface area contributed by atoms with E-state index >= 15 is 0 Å². The number of nitrogens with one attached hydrogen (secondary N) is 2. The molecule has 2 aromatic heterocycles. The lowest BCUT2D eigenvalue weighted by molar-refractivity contribution is -0.113. The number of hydrogen-bond donors (Lipinski definition) is 2. The highest BCUT2D eigenvalue weighted by atomic mass is 32.2. The van der Waals surface area contributed by atoms with Crippen molar-refractivity contribution in [1.29, 1.82) is 0 Å². The molecule has 4 rings (SSSR count). The Morgan fingerprint density at radius 2 is 1.81 bits per heavy atom. The van der Waals surface area contributed by atoms with Crippen LogP contribution in [0.3, 0.4) is 0 Å². The number of benzene rings is 2. The van der Waals surface area contributed by atoms with Gasteiger partial charge in [0.25, 0.3) is 5.91 Å². The highest BCUT2D eigenvalue weighted by molar-refractivity contribution is 7.99. The van der Waals surface area contributed by atoms with Gasteiger partial charge >= 0.3 is 0 Å². The van der Waals surface area contributed by atoms with Crippen LogP contribution in [0.25, 0.3) is 5.65 Å². The number of aryl methyl sites for hydroxylation is 1. The van der Waals surface area contributed by atoms with Crippen molar-refractivity contribution < 1.29 is 14.0 Å². The Morgan fingerprint density at radius 3 is 2.58 bits per heavy atom. The highest BCUT2D eigenvalue weighted by Crippen LogP contribution is 2.19. The minimum Gasteiger partial charge on any atom is -0.325 e. The second-order valence-electron chi connectivity index (χ2n) is 6.80. The van der Waals surface area contributed by atoms with E-state index in [0.29, 0.717) is 27.7 Å². The van der Waals surface area contributed by atoms with Crippen LogP contribution in [0.2, 0.25) is 0 Å². The first-order valence-corrected chi connectivity index (χ1v) is 10.4. The summed E-state index contributed by atoms with van der Waals surface area (Å²) >= 11 is 1.17. The molecule has 2 amide bonds. The number of halogens is 1. The summed E-state index contributed by atoms with van der Waals surface area (Å²) in [7, 11) is 0. The van der Waals surface area contributed by atoms with Gasteiger partial charge in [0.2, 0.25) is 5.91 Å². The maximum absolute atomic E-state index is 13.2. The summed E-state index contributed by atoms with van der Waals surface area (Å²) in [6.45, 7) is 1.98. The van der Waals surface area contributed by atoms with Crippen molar-refractivity contribution in [1.82, 2.24) is 14.6 Å². The summed E-state index contributed by atoms with van der Waals surface area (Å²) in [5.74, 6) is -0.942. The van der Waals surface area contributed by atoms with Gasteiger partial charge in [-0.15, -0.1) is 10.2 Å². The van der Waals surface area contributed by atoms with Gasteiger partial charge in [0.1, 0.15) is 5.82 Å². The van der Waals surface area contributed by atoms with Gasteiger partial charge in [-0.2, -0.15) is 0 Å². The van der Waals surface area contributed by atoms with Gasteiger partial charge in [-0.3, -0.25) is 14.0 Å². The zero-order chi connectivity index (χ0) is 21.8.